The summed E-state index contributed by atoms with van der Waals surface area (Å²) in [7, 11) is -0.569. The van der Waals surface area contributed by atoms with Gasteiger partial charge in [-0.1, -0.05) is 6.07 Å². The first-order chi connectivity index (χ1) is 11.1. The van der Waals surface area contributed by atoms with Crippen molar-refractivity contribution in [2.75, 3.05) is 20.4 Å². The first kappa shape index (κ1) is 19.5. The molecule has 0 radical (unpaired) electrons. The van der Waals surface area contributed by atoms with E-state index in [4.69, 9.17) is 15.0 Å². The molecule has 10 heteroatoms. The van der Waals surface area contributed by atoms with Crippen LogP contribution in [0.4, 0.5) is 0 Å². The predicted molar refractivity (Wildman–Crippen MR) is 92.1 cm³/mol. The highest BCUT2D eigenvalue weighted by atomic mass is 32.2. The molecular weight excluding hydrogens is 336 g/mol. The Labute approximate surface area is 139 Å². The van der Waals surface area contributed by atoms with Gasteiger partial charge in [-0.3, -0.25) is 19.7 Å². The van der Waals surface area contributed by atoms with Gasteiger partial charge >= 0.3 is 0 Å². The normalized spacial score (nSPS) is 11.6. The minimum atomic E-state index is -3.67. The number of guanidine groups is 1. The van der Waals surface area contributed by atoms with Gasteiger partial charge in [-0.25, -0.2) is 0 Å². The lowest BCUT2D eigenvalue weighted by atomic mass is 10.1. The monoisotopic (exact) mass is 356 g/mol. The van der Waals surface area contributed by atoms with Gasteiger partial charge in [0.1, 0.15) is 11.4 Å². The maximum Gasteiger partial charge on any atom is 0.274 e. The topological polar surface area (TPSA) is 147 Å². The molecule has 0 atom stereocenters. The van der Waals surface area contributed by atoms with Gasteiger partial charge in [-0.2, -0.15) is 8.42 Å². The molecule has 0 fully saturated rings. The van der Waals surface area contributed by atoms with Crippen LogP contribution in [-0.4, -0.2) is 50.2 Å². The first-order valence-electron chi connectivity index (χ1n) is 6.69. The highest BCUT2D eigenvalue weighted by Gasteiger charge is 2.13. The zero-order valence-electron chi connectivity index (χ0n) is 13.7. The first-order valence-corrected chi connectivity index (χ1v) is 8.54. The quantitative estimate of drug-likeness (QED) is 0.353. The number of carbonyl (C=O) groups is 1. The number of aromatic amines is 1. The molecule has 0 aliphatic carbocycles. The van der Waals surface area contributed by atoms with Crippen molar-refractivity contribution in [2.24, 2.45) is 10.7 Å². The minimum absolute atomic E-state index is 0.0762. The maximum absolute atomic E-state index is 12.0. The molecule has 0 spiro atoms. The molecule has 1 heterocycles. The number of nitrogens with one attached hydrogen (secondary N) is 2. The number of amides is 1. The number of aromatic nitrogens is 1. The van der Waals surface area contributed by atoms with Gasteiger partial charge in [0, 0.05) is 12.4 Å². The number of aliphatic imine (C=N–C) groups is 1. The van der Waals surface area contributed by atoms with E-state index in [0.29, 0.717) is 17.7 Å². The summed E-state index contributed by atoms with van der Waals surface area (Å²) in [6.07, 6.45) is 0.715. The fourth-order valence-corrected chi connectivity index (χ4v) is 1.87. The SMILES string of the molecule is CN=C(N)NC(=O)c1cc2c(C)ccc(OC)c2[nH]1.CS(=O)(=O)O. The zero-order chi connectivity index (χ0) is 18.5. The van der Waals surface area contributed by atoms with E-state index in [1.165, 1.54) is 7.05 Å². The molecule has 0 aliphatic rings. The second kappa shape index (κ2) is 7.79. The van der Waals surface area contributed by atoms with Crippen LogP contribution in [0.1, 0.15) is 16.1 Å². The fourth-order valence-electron chi connectivity index (χ4n) is 1.87. The molecular formula is C14H20N4O5S. The molecule has 0 bridgehead atoms. The summed E-state index contributed by atoms with van der Waals surface area (Å²) in [5.41, 5.74) is 7.73. The van der Waals surface area contributed by atoms with E-state index >= 15 is 0 Å². The minimum Gasteiger partial charge on any atom is -0.495 e. The van der Waals surface area contributed by atoms with Crippen molar-refractivity contribution in [3.05, 3.63) is 29.5 Å². The third kappa shape index (κ3) is 5.56. The van der Waals surface area contributed by atoms with E-state index in [9.17, 15) is 13.2 Å². The average molecular weight is 356 g/mol. The number of H-pyrrole nitrogens is 1. The Kier molecular flexibility index (Phi) is 6.32. The summed E-state index contributed by atoms with van der Waals surface area (Å²) in [6, 6.07) is 5.57. The molecule has 1 aromatic carbocycles. The average Bonchev–Trinajstić information content (AvgIpc) is 2.92. The molecule has 0 aliphatic heterocycles. The van der Waals surface area contributed by atoms with Crippen molar-refractivity contribution in [2.45, 2.75) is 6.92 Å². The van der Waals surface area contributed by atoms with E-state index in [1.54, 1.807) is 13.2 Å². The number of hydrogen-bond acceptors (Lipinski definition) is 5. The Morgan fingerprint density at radius 3 is 2.50 bits per heavy atom. The second-order valence-electron chi connectivity index (χ2n) is 4.85. The molecule has 2 rings (SSSR count). The van der Waals surface area contributed by atoms with Crippen LogP contribution in [0.25, 0.3) is 10.9 Å². The number of rotatable bonds is 2. The molecule has 0 saturated heterocycles. The molecule has 0 saturated carbocycles. The molecule has 132 valence electrons. The van der Waals surface area contributed by atoms with Crippen molar-refractivity contribution in [1.82, 2.24) is 10.3 Å². The van der Waals surface area contributed by atoms with E-state index in [-0.39, 0.29) is 11.9 Å². The van der Waals surface area contributed by atoms with Gasteiger partial charge in [0.05, 0.1) is 18.9 Å². The van der Waals surface area contributed by atoms with Crippen molar-refractivity contribution < 1.29 is 22.5 Å². The van der Waals surface area contributed by atoms with Crippen LogP contribution in [0.5, 0.6) is 5.75 Å². The molecule has 9 nitrogen and oxygen atoms in total. The number of hydrogen-bond donors (Lipinski definition) is 4. The summed E-state index contributed by atoms with van der Waals surface area (Å²) in [5, 5.41) is 3.42. The number of fused-ring (bicyclic) bond motifs is 1. The van der Waals surface area contributed by atoms with Gasteiger partial charge in [0.25, 0.3) is 16.0 Å². The van der Waals surface area contributed by atoms with Crippen LogP contribution in [-0.2, 0) is 10.1 Å². The van der Waals surface area contributed by atoms with Gasteiger partial charge in [-0.05, 0) is 24.6 Å². The third-order valence-corrected chi connectivity index (χ3v) is 2.92. The Hall–Kier alpha value is -2.59. The molecule has 24 heavy (non-hydrogen) atoms. The number of carbonyl (C=O) groups excluding carboxylic acids is 1. The maximum atomic E-state index is 12.0. The van der Waals surface area contributed by atoms with Crippen LogP contribution in [0, 0.1) is 6.92 Å². The molecule has 1 amide bonds. The van der Waals surface area contributed by atoms with Crippen molar-refractivity contribution >= 4 is 32.9 Å². The largest absolute Gasteiger partial charge is 0.495 e. The van der Waals surface area contributed by atoms with Crippen LogP contribution in [0.15, 0.2) is 23.2 Å². The highest BCUT2D eigenvalue weighted by molar-refractivity contribution is 7.85. The molecule has 2 aromatic rings. The lowest BCUT2D eigenvalue weighted by Crippen LogP contribution is -2.36. The van der Waals surface area contributed by atoms with Gasteiger partial charge in [0.15, 0.2) is 5.96 Å². The Morgan fingerprint density at radius 1 is 1.42 bits per heavy atom. The summed E-state index contributed by atoms with van der Waals surface area (Å²) in [6.45, 7) is 1.97. The van der Waals surface area contributed by atoms with Crippen molar-refractivity contribution in [3.63, 3.8) is 0 Å². The van der Waals surface area contributed by atoms with Crippen LogP contribution in [0.2, 0.25) is 0 Å². The number of nitrogens with zero attached hydrogens (tertiary/aromatic N) is 1. The smallest absolute Gasteiger partial charge is 0.274 e. The Bertz CT molecular complexity index is 863. The van der Waals surface area contributed by atoms with Gasteiger partial charge < -0.3 is 15.5 Å². The lowest BCUT2D eigenvalue weighted by molar-refractivity contribution is 0.0972. The molecule has 1 aromatic heterocycles. The fraction of sp³-hybridized carbons (Fsp3) is 0.286. The lowest BCUT2D eigenvalue weighted by Gasteiger charge is -2.03. The number of nitrogens with two attached hydrogens (primary N) is 1. The van der Waals surface area contributed by atoms with Crippen LogP contribution in [0.3, 0.4) is 0 Å². The second-order valence-corrected chi connectivity index (χ2v) is 6.32. The standard InChI is InChI=1S/C13H16N4O2.CH4O3S/c1-7-4-5-10(19-3)11-8(7)6-9(16-11)12(18)17-13(14)15-2;1-5(2,3)4/h4-6,16H,1-3H3,(H3,14,15,17,18);1H3,(H,2,3,4). The van der Waals surface area contributed by atoms with Crippen LogP contribution < -0.4 is 15.8 Å². The third-order valence-electron chi connectivity index (χ3n) is 2.92. The summed E-state index contributed by atoms with van der Waals surface area (Å²) >= 11 is 0. The predicted octanol–water partition coefficient (Wildman–Crippen LogP) is 0.663. The van der Waals surface area contributed by atoms with Crippen molar-refractivity contribution in [3.8, 4) is 5.75 Å². The van der Waals surface area contributed by atoms with E-state index in [0.717, 1.165) is 16.5 Å². The summed E-state index contributed by atoms with van der Waals surface area (Å²) < 4.78 is 31.1. The summed E-state index contributed by atoms with van der Waals surface area (Å²) in [5.74, 6) is 0.435. The molecule has 5 N–H and O–H groups in total. The highest BCUT2D eigenvalue weighted by Crippen LogP contribution is 2.28. The Morgan fingerprint density at radius 2 is 2.00 bits per heavy atom. The molecule has 0 unspecified atom stereocenters. The number of aryl methyl sites for hydroxylation is 1. The van der Waals surface area contributed by atoms with Gasteiger partial charge in [-0.15, -0.1) is 0 Å². The number of methoxy groups -OCH3 is 1. The van der Waals surface area contributed by atoms with Gasteiger partial charge in [0.2, 0.25) is 0 Å². The van der Waals surface area contributed by atoms with Crippen molar-refractivity contribution in [1.29, 1.82) is 0 Å². The van der Waals surface area contributed by atoms with E-state index < -0.39 is 10.1 Å². The number of benzene rings is 1. The van der Waals surface area contributed by atoms with Crippen LogP contribution >= 0.6 is 0 Å². The zero-order valence-corrected chi connectivity index (χ0v) is 14.6. The Balaban J connectivity index is 0.000000505. The number of ether oxygens (including phenoxy) is 1. The van der Waals surface area contributed by atoms with E-state index in [2.05, 4.69) is 15.3 Å². The summed E-state index contributed by atoms with van der Waals surface area (Å²) in [4.78, 5) is 18.7. The van der Waals surface area contributed by atoms with E-state index in [1.807, 2.05) is 19.1 Å².